The standard InChI is InChI=1S/C10H8F3NO/c1-15-10-6(3-2-4-14)5-7(11)8(12)9(10)13/h5H,2-3H2,1H3. The lowest BCUT2D eigenvalue weighted by molar-refractivity contribution is 0.355. The Labute approximate surface area is 84.9 Å². The van der Waals surface area contributed by atoms with E-state index in [1.54, 1.807) is 0 Å². The van der Waals surface area contributed by atoms with Gasteiger partial charge in [0.05, 0.1) is 13.2 Å². The monoisotopic (exact) mass is 215 g/mol. The van der Waals surface area contributed by atoms with E-state index in [9.17, 15) is 13.2 Å². The molecule has 0 N–H and O–H groups in total. The minimum Gasteiger partial charge on any atom is -0.493 e. The largest absolute Gasteiger partial charge is 0.493 e. The first-order valence-corrected chi connectivity index (χ1v) is 4.19. The van der Waals surface area contributed by atoms with Crippen LogP contribution in [0.3, 0.4) is 0 Å². The van der Waals surface area contributed by atoms with Crippen molar-refractivity contribution in [2.75, 3.05) is 7.11 Å². The van der Waals surface area contributed by atoms with Crippen LogP contribution in [-0.4, -0.2) is 7.11 Å². The molecule has 0 saturated heterocycles. The Hall–Kier alpha value is -1.70. The van der Waals surface area contributed by atoms with Gasteiger partial charge in [0.25, 0.3) is 0 Å². The van der Waals surface area contributed by atoms with Gasteiger partial charge in [-0.05, 0) is 12.5 Å². The van der Waals surface area contributed by atoms with Gasteiger partial charge in [0.15, 0.2) is 17.4 Å². The van der Waals surface area contributed by atoms with E-state index in [0.717, 1.165) is 13.2 Å². The van der Waals surface area contributed by atoms with E-state index in [4.69, 9.17) is 5.26 Å². The lowest BCUT2D eigenvalue weighted by atomic mass is 10.1. The van der Waals surface area contributed by atoms with Crippen molar-refractivity contribution in [3.8, 4) is 11.8 Å². The van der Waals surface area contributed by atoms with Crippen molar-refractivity contribution in [1.29, 1.82) is 5.26 Å². The van der Waals surface area contributed by atoms with Crippen molar-refractivity contribution >= 4 is 0 Å². The van der Waals surface area contributed by atoms with Crippen molar-refractivity contribution in [2.45, 2.75) is 12.8 Å². The molecule has 0 spiro atoms. The lowest BCUT2D eigenvalue weighted by Gasteiger charge is -2.09. The molecule has 1 aromatic rings. The molecular weight excluding hydrogens is 207 g/mol. The smallest absolute Gasteiger partial charge is 0.203 e. The molecule has 15 heavy (non-hydrogen) atoms. The van der Waals surface area contributed by atoms with Crippen LogP contribution in [0.4, 0.5) is 13.2 Å². The molecule has 0 saturated carbocycles. The first kappa shape index (κ1) is 11.4. The molecule has 0 amide bonds. The van der Waals surface area contributed by atoms with E-state index in [0.29, 0.717) is 0 Å². The zero-order valence-electron chi connectivity index (χ0n) is 7.98. The summed E-state index contributed by atoms with van der Waals surface area (Å²) in [6.45, 7) is 0. The van der Waals surface area contributed by atoms with Crippen LogP contribution in [0.2, 0.25) is 0 Å². The Kier molecular flexibility index (Phi) is 3.56. The number of hydrogen-bond acceptors (Lipinski definition) is 2. The average Bonchev–Trinajstić information content (AvgIpc) is 2.23. The first-order chi connectivity index (χ1) is 7.11. The molecule has 1 rings (SSSR count). The minimum atomic E-state index is -1.56. The topological polar surface area (TPSA) is 33.0 Å². The van der Waals surface area contributed by atoms with Crippen molar-refractivity contribution in [3.05, 3.63) is 29.1 Å². The molecule has 0 aliphatic rings. The Morgan fingerprint density at radius 3 is 2.53 bits per heavy atom. The predicted molar refractivity (Wildman–Crippen MR) is 46.8 cm³/mol. The third kappa shape index (κ3) is 2.21. The molecule has 0 bridgehead atoms. The quantitative estimate of drug-likeness (QED) is 0.726. The molecule has 0 fully saturated rings. The molecule has 0 radical (unpaired) electrons. The van der Waals surface area contributed by atoms with E-state index >= 15 is 0 Å². The van der Waals surface area contributed by atoms with Crippen LogP contribution in [0, 0.1) is 28.8 Å². The molecule has 0 unspecified atom stereocenters. The van der Waals surface area contributed by atoms with Gasteiger partial charge in [-0.15, -0.1) is 0 Å². The second-order valence-electron chi connectivity index (χ2n) is 2.84. The molecule has 5 heteroatoms. The number of halogens is 3. The highest BCUT2D eigenvalue weighted by molar-refractivity contribution is 5.36. The molecule has 1 aromatic carbocycles. The fourth-order valence-corrected chi connectivity index (χ4v) is 1.22. The van der Waals surface area contributed by atoms with Crippen molar-refractivity contribution in [2.24, 2.45) is 0 Å². The van der Waals surface area contributed by atoms with Gasteiger partial charge in [0.1, 0.15) is 0 Å². The van der Waals surface area contributed by atoms with E-state index in [2.05, 4.69) is 4.74 Å². The van der Waals surface area contributed by atoms with Gasteiger partial charge in [-0.25, -0.2) is 8.78 Å². The number of rotatable bonds is 3. The van der Waals surface area contributed by atoms with E-state index < -0.39 is 17.5 Å². The Bertz CT molecular complexity index is 412. The van der Waals surface area contributed by atoms with Gasteiger partial charge >= 0.3 is 0 Å². The van der Waals surface area contributed by atoms with Gasteiger partial charge in [-0.3, -0.25) is 0 Å². The van der Waals surface area contributed by atoms with Crippen LogP contribution in [0.25, 0.3) is 0 Å². The van der Waals surface area contributed by atoms with Gasteiger partial charge in [0, 0.05) is 12.0 Å². The summed E-state index contributed by atoms with van der Waals surface area (Å²) in [5, 5.41) is 8.33. The van der Waals surface area contributed by atoms with Gasteiger partial charge < -0.3 is 4.74 Å². The molecule has 0 aromatic heterocycles. The summed E-state index contributed by atoms with van der Waals surface area (Å²) in [6.07, 6.45) is 0.203. The summed E-state index contributed by atoms with van der Waals surface area (Å²) in [7, 11) is 1.16. The third-order valence-corrected chi connectivity index (χ3v) is 1.90. The third-order valence-electron chi connectivity index (χ3n) is 1.90. The summed E-state index contributed by atoms with van der Waals surface area (Å²) in [5.41, 5.74) is 0.149. The van der Waals surface area contributed by atoms with Crippen LogP contribution >= 0.6 is 0 Å². The summed E-state index contributed by atoms with van der Waals surface area (Å²) >= 11 is 0. The van der Waals surface area contributed by atoms with Gasteiger partial charge in [-0.1, -0.05) is 0 Å². The number of methoxy groups -OCH3 is 1. The normalized spacial score (nSPS) is 9.80. The number of hydrogen-bond donors (Lipinski definition) is 0. The van der Waals surface area contributed by atoms with E-state index in [1.807, 2.05) is 6.07 Å². The second kappa shape index (κ2) is 4.69. The second-order valence-corrected chi connectivity index (χ2v) is 2.84. The van der Waals surface area contributed by atoms with E-state index in [-0.39, 0.29) is 24.2 Å². The summed E-state index contributed by atoms with van der Waals surface area (Å²) in [4.78, 5) is 0. The zero-order valence-corrected chi connectivity index (χ0v) is 7.98. The van der Waals surface area contributed by atoms with Crippen molar-refractivity contribution < 1.29 is 17.9 Å². The maximum absolute atomic E-state index is 13.1. The molecule has 2 nitrogen and oxygen atoms in total. The number of ether oxygens (including phenoxy) is 1. The molecule has 80 valence electrons. The fraction of sp³-hybridized carbons (Fsp3) is 0.300. The highest BCUT2D eigenvalue weighted by Gasteiger charge is 2.18. The minimum absolute atomic E-state index is 0.0842. The van der Waals surface area contributed by atoms with Crippen LogP contribution < -0.4 is 4.74 Å². The highest BCUT2D eigenvalue weighted by Crippen LogP contribution is 2.27. The van der Waals surface area contributed by atoms with Crippen LogP contribution in [0.5, 0.6) is 5.75 Å². The number of aryl methyl sites for hydroxylation is 1. The molecule has 0 aliphatic heterocycles. The number of nitriles is 1. The Balaban J connectivity index is 3.20. The maximum Gasteiger partial charge on any atom is 0.203 e. The van der Waals surface area contributed by atoms with Crippen molar-refractivity contribution in [1.82, 2.24) is 0 Å². The highest BCUT2D eigenvalue weighted by atomic mass is 19.2. The fourth-order valence-electron chi connectivity index (χ4n) is 1.22. The molecule has 0 atom stereocenters. The van der Waals surface area contributed by atoms with Crippen LogP contribution in [0.15, 0.2) is 6.07 Å². The molecular formula is C10H8F3NO. The molecule has 0 heterocycles. The summed E-state index contributed by atoms with van der Waals surface area (Å²) in [5.74, 6) is -4.54. The zero-order chi connectivity index (χ0) is 11.4. The maximum atomic E-state index is 13.1. The first-order valence-electron chi connectivity index (χ1n) is 4.19. The molecule has 0 aliphatic carbocycles. The lowest BCUT2D eigenvalue weighted by Crippen LogP contribution is -2.01. The summed E-state index contributed by atoms with van der Waals surface area (Å²) < 4.78 is 43.4. The van der Waals surface area contributed by atoms with Crippen LogP contribution in [0.1, 0.15) is 12.0 Å². The number of benzene rings is 1. The Morgan fingerprint density at radius 1 is 1.33 bits per heavy atom. The van der Waals surface area contributed by atoms with Gasteiger partial charge in [-0.2, -0.15) is 9.65 Å². The van der Waals surface area contributed by atoms with E-state index in [1.165, 1.54) is 0 Å². The van der Waals surface area contributed by atoms with Crippen molar-refractivity contribution in [3.63, 3.8) is 0 Å². The van der Waals surface area contributed by atoms with Crippen LogP contribution in [-0.2, 0) is 6.42 Å². The average molecular weight is 215 g/mol. The summed E-state index contributed by atoms with van der Waals surface area (Å²) in [6, 6.07) is 2.67. The Morgan fingerprint density at radius 2 is 2.00 bits per heavy atom. The SMILES string of the molecule is COc1c(CCC#N)cc(F)c(F)c1F. The van der Waals surface area contributed by atoms with Gasteiger partial charge in [0.2, 0.25) is 5.82 Å². The predicted octanol–water partition coefficient (Wildman–Crippen LogP) is 2.57. The number of nitrogens with zero attached hydrogens (tertiary/aromatic N) is 1.